The standard InChI is InChI=1S/C43H28N2O/c1-2-10-29(11-3-1)33-15-8-16-35(26-33)45(34-23-20-32(21-24-34)37-19-9-14-30-12-4-6-17-36(30)37)40-27-44-28-41-42(40)39-25-22-31-13-5-7-18-38(31)43(39)46-41/h1-28H. The smallest absolute Gasteiger partial charge is 0.155 e. The maximum atomic E-state index is 6.55. The van der Waals surface area contributed by atoms with Gasteiger partial charge in [0, 0.05) is 22.1 Å². The lowest BCUT2D eigenvalue weighted by Gasteiger charge is -2.26. The van der Waals surface area contributed by atoms with E-state index in [9.17, 15) is 0 Å². The van der Waals surface area contributed by atoms with E-state index in [2.05, 4.69) is 163 Å². The lowest BCUT2D eigenvalue weighted by Crippen LogP contribution is -2.10. The summed E-state index contributed by atoms with van der Waals surface area (Å²) in [6.07, 6.45) is 3.79. The molecule has 9 aromatic rings. The summed E-state index contributed by atoms with van der Waals surface area (Å²) in [6.45, 7) is 0. The zero-order chi connectivity index (χ0) is 30.5. The minimum Gasteiger partial charge on any atom is -0.454 e. The number of anilines is 3. The summed E-state index contributed by atoms with van der Waals surface area (Å²) in [7, 11) is 0. The Morgan fingerprint density at radius 2 is 1.15 bits per heavy atom. The van der Waals surface area contributed by atoms with Crippen molar-refractivity contribution in [1.82, 2.24) is 4.98 Å². The van der Waals surface area contributed by atoms with Crippen molar-refractivity contribution in [3.05, 3.63) is 170 Å². The Balaban J connectivity index is 1.26. The molecule has 0 saturated carbocycles. The van der Waals surface area contributed by atoms with Crippen LogP contribution in [0.5, 0.6) is 0 Å². The first-order valence-corrected chi connectivity index (χ1v) is 15.5. The second kappa shape index (κ2) is 10.8. The number of fused-ring (bicyclic) bond motifs is 6. The molecule has 0 aliphatic heterocycles. The summed E-state index contributed by atoms with van der Waals surface area (Å²) in [6, 6.07) is 55.9. The van der Waals surface area contributed by atoms with E-state index in [1.54, 1.807) is 0 Å². The van der Waals surface area contributed by atoms with E-state index in [-0.39, 0.29) is 0 Å². The Kier molecular flexibility index (Phi) is 6.14. The van der Waals surface area contributed by atoms with Crippen molar-refractivity contribution in [2.24, 2.45) is 0 Å². The molecule has 2 heterocycles. The largest absolute Gasteiger partial charge is 0.454 e. The zero-order valence-corrected chi connectivity index (χ0v) is 25.0. The van der Waals surface area contributed by atoms with E-state index >= 15 is 0 Å². The minimum absolute atomic E-state index is 0.764. The molecule has 0 fully saturated rings. The van der Waals surface area contributed by atoms with Crippen LogP contribution in [0.4, 0.5) is 17.1 Å². The van der Waals surface area contributed by atoms with Crippen molar-refractivity contribution in [1.29, 1.82) is 0 Å². The molecule has 46 heavy (non-hydrogen) atoms. The van der Waals surface area contributed by atoms with Gasteiger partial charge in [0.25, 0.3) is 0 Å². The first kappa shape index (κ1) is 26.2. The van der Waals surface area contributed by atoms with Gasteiger partial charge in [-0.1, -0.05) is 127 Å². The van der Waals surface area contributed by atoms with Crippen molar-refractivity contribution >= 4 is 60.5 Å². The van der Waals surface area contributed by atoms with Crippen LogP contribution in [-0.4, -0.2) is 4.98 Å². The van der Waals surface area contributed by atoms with Gasteiger partial charge in [-0.2, -0.15) is 0 Å². The SMILES string of the molecule is c1ccc(-c2cccc(N(c3ccc(-c4cccc5ccccc45)cc3)c3cncc4oc5c6ccccc6ccc5c34)c2)cc1. The third-order valence-corrected chi connectivity index (χ3v) is 8.93. The fourth-order valence-corrected chi connectivity index (χ4v) is 6.76. The Hall–Kier alpha value is -6.19. The molecule has 0 unspecified atom stereocenters. The number of aromatic nitrogens is 1. The fourth-order valence-electron chi connectivity index (χ4n) is 6.76. The molecular weight excluding hydrogens is 560 g/mol. The normalized spacial score (nSPS) is 11.5. The number of benzene rings is 7. The van der Waals surface area contributed by atoms with Crippen LogP contribution in [0.3, 0.4) is 0 Å². The van der Waals surface area contributed by atoms with Gasteiger partial charge in [-0.25, -0.2) is 0 Å². The number of rotatable bonds is 5. The number of hydrogen-bond acceptors (Lipinski definition) is 3. The third-order valence-electron chi connectivity index (χ3n) is 8.93. The van der Waals surface area contributed by atoms with E-state index < -0.39 is 0 Å². The van der Waals surface area contributed by atoms with Gasteiger partial charge in [0.05, 0.1) is 23.5 Å². The van der Waals surface area contributed by atoms with Crippen molar-refractivity contribution in [3.63, 3.8) is 0 Å². The summed E-state index contributed by atoms with van der Waals surface area (Å²) >= 11 is 0. The molecule has 0 aliphatic carbocycles. The number of furan rings is 1. The summed E-state index contributed by atoms with van der Waals surface area (Å²) in [5.41, 5.74) is 9.42. The number of nitrogens with zero attached hydrogens (tertiary/aromatic N) is 2. The van der Waals surface area contributed by atoms with Crippen LogP contribution >= 0.6 is 0 Å². The van der Waals surface area contributed by atoms with E-state index in [0.717, 1.165) is 55.3 Å². The average Bonchev–Trinajstić information content (AvgIpc) is 3.53. The number of pyridine rings is 1. The molecule has 0 aliphatic rings. The fraction of sp³-hybridized carbons (Fsp3) is 0. The second-order valence-electron chi connectivity index (χ2n) is 11.6. The zero-order valence-electron chi connectivity index (χ0n) is 25.0. The van der Waals surface area contributed by atoms with Crippen LogP contribution < -0.4 is 4.90 Å². The Bertz CT molecular complexity index is 2530. The van der Waals surface area contributed by atoms with E-state index in [4.69, 9.17) is 9.40 Å². The van der Waals surface area contributed by atoms with E-state index in [0.29, 0.717) is 0 Å². The van der Waals surface area contributed by atoms with Crippen LogP contribution in [-0.2, 0) is 0 Å². The molecule has 9 rings (SSSR count). The van der Waals surface area contributed by atoms with Gasteiger partial charge in [-0.05, 0) is 68.7 Å². The third kappa shape index (κ3) is 4.33. The van der Waals surface area contributed by atoms with Crippen LogP contribution in [0.2, 0.25) is 0 Å². The minimum atomic E-state index is 0.764. The lowest BCUT2D eigenvalue weighted by atomic mass is 9.98. The molecular formula is C43H28N2O. The highest BCUT2D eigenvalue weighted by molar-refractivity contribution is 6.19. The molecule has 0 saturated heterocycles. The second-order valence-corrected chi connectivity index (χ2v) is 11.6. The first-order chi connectivity index (χ1) is 22.8. The molecule has 0 amide bonds. The highest BCUT2D eigenvalue weighted by Crippen LogP contribution is 2.44. The van der Waals surface area contributed by atoms with Gasteiger partial charge in [0.15, 0.2) is 5.58 Å². The van der Waals surface area contributed by atoms with E-state index in [1.165, 1.54) is 27.5 Å². The molecule has 0 bridgehead atoms. The van der Waals surface area contributed by atoms with Gasteiger partial charge in [0.1, 0.15) is 5.58 Å². The van der Waals surface area contributed by atoms with Crippen LogP contribution in [0.25, 0.3) is 65.7 Å². The summed E-state index contributed by atoms with van der Waals surface area (Å²) in [5.74, 6) is 0. The van der Waals surface area contributed by atoms with Crippen LogP contribution in [0, 0.1) is 0 Å². The quantitative estimate of drug-likeness (QED) is 0.200. The average molecular weight is 589 g/mol. The monoisotopic (exact) mass is 588 g/mol. The van der Waals surface area contributed by atoms with Crippen molar-refractivity contribution in [2.75, 3.05) is 4.90 Å². The van der Waals surface area contributed by atoms with Crippen LogP contribution in [0.1, 0.15) is 0 Å². The molecule has 3 heteroatoms. The first-order valence-electron chi connectivity index (χ1n) is 15.5. The highest BCUT2D eigenvalue weighted by atomic mass is 16.3. The van der Waals surface area contributed by atoms with Crippen molar-refractivity contribution < 1.29 is 4.42 Å². The topological polar surface area (TPSA) is 29.3 Å². The van der Waals surface area contributed by atoms with Crippen molar-refractivity contribution in [2.45, 2.75) is 0 Å². The molecule has 3 nitrogen and oxygen atoms in total. The van der Waals surface area contributed by atoms with Gasteiger partial charge in [-0.3, -0.25) is 4.98 Å². The molecule has 0 atom stereocenters. The number of hydrogen-bond donors (Lipinski definition) is 0. The molecule has 0 N–H and O–H groups in total. The Labute approximate surface area is 266 Å². The molecule has 0 spiro atoms. The summed E-state index contributed by atoms with van der Waals surface area (Å²) in [4.78, 5) is 7.01. The molecule has 7 aromatic carbocycles. The Morgan fingerprint density at radius 3 is 2.00 bits per heavy atom. The predicted octanol–water partition coefficient (Wildman–Crippen LogP) is 12.1. The van der Waals surface area contributed by atoms with Crippen LogP contribution in [0.15, 0.2) is 175 Å². The highest BCUT2D eigenvalue weighted by Gasteiger charge is 2.21. The lowest BCUT2D eigenvalue weighted by molar-refractivity contribution is 0.670. The van der Waals surface area contributed by atoms with Gasteiger partial charge in [0.2, 0.25) is 0 Å². The Morgan fingerprint density at radius 1 is 0.457 bits per heavy atom. The van der Waals surface area contributed by atoms with Gasteiger partial charge in [-0.15, -0.1) is 0 Å². The van der Waals surface area contributed by atoms with Crippen molar-refractivity contribution in [3.8, 4) is 22.3 Å². The molecule has 216 valence electrons. The molecule has 0 radical (unpaired) electrons. The predicted molar refractivity (Wildman–Crippen MR) is 192 cm³/mol. The summed E-state index contributed by atoms with van der Waals surface area (Å²) < 4.78 is 6.55. The maximum absolute atomic E-state index is 6.55. The van der Waals surface area contributed by atoms with Gasteiger partial charge < -0.3 is 9.32 Å². The maximum Gasteiger partial charge on any atom is 0.155 e. The van der Waals surface area contributed by atoms with Gasteiger partial charge >= 0.3 is 0 Å². The molecule has 2 aromatic heterocycles. The van der Waals surface area contributed by atoms with E-state index in [1.807, 2.05) is 12.4 Å². The summed E-state index contributed by atoms with van der Waals surface area (Å²) in [5, 5.41) is 6.85.